The zero-order valence-electron chi connectivity index (χ0n) is 6.98. The SMILES string of the molecule is Fc1cc(F)cc(C2CCNN2)c1. The van der Waals surface area contributed by atoms with Crippen LogP contribution in [-0.2, 0) is 0 Å². The van der Waals surface area contributed by atoms with Gasteiger partial charge in [-0.15, -0.1) is 0 Å². The molecule has 1 atom stereocenters. The summed E-state index contributed by atoms with van der Waals surface area (Å²) in [5.74, 6) is -1.05. The van der Waals surface area contributed by atoms with Gasteiger partial charge in [0, 0.05) is 18.7 Å². The first-order valence-electron chi connectivity index (χ1n) is 4.20. The van der Waals surface area contributed by atoms with E-state index < -0.39 is 11.6 Å². The molecule has 0 radical (unpaired) electrons. The molecule has 0 saturated carbocycles. The van der Waals surface area contributed by atoms with Crippen LogP contribution in [0.4, 0.5) is 8.78 Å². The Labute approximate surface area is 74.9 Å². The molecule has 1 saturated heterocycles. The van der Waals surface area contributed by atoms with E-state index in [9.17, 15) is 8.78 Å². The minimum absolute atomic E-state index is 0.0187. The van der Waals surface area contributed by atoms with Crippen molar-refractivity contribution in [1.82, 2.24) is 10.9 Å². The second-order valence-corrected chi connectivity index (χ2v) is 3.12. The first-order valence-corrected chi connectivity index (χ1v) is 4.20. The Kier molecular flexibility index (Phi) is 2.24. The summed E-state index contributed by atoms with van der Waals surface area (Å²) in [7, 11) is 0. The van der Waals surface area contributed by atoms with E-state index in [1.807, 2.05) is 0 Å². The fourth-order valence-corrected chi connectivity index (χ4v) is 1.51. The Hall–Kier alpha value is -1.00. The third-order valence-corrected chi connectivity index (χ3v) is 2.12. The molecule has 2 N–H and O–H groups in total. The van der Waals surface area contributed by atoms with E-state index in [0.717, 1.165) is 19.0 Å². The number of nitrogens with one attached hydrogen (secondary N) is 2. The van der Waals surface area contributed by atoms with Gasteiger partial charge in [-0.25, -0.2) is 8.78 Å². The lowest BCUT2D eigenvalue weighted by Crippen LogP contribution is -2.24. The van der Waals surface area contributed by atoms with Crippen molar-refractivity contribution in [3.63, 3.8) is 0 Å². The minimum Gasteiger partial charge on any atom is -0.257 e. The largest absolute Gasteiger partial charge is 0.257 e. The zero-order chi connectivity index (χ0) is 9.26. The highest BCUT2D eigenvalue weighted by atomic mass is 19.1. The van der Waals surface area contributed by atoms with Gasteiger partial charge in [0.15, 0.2) is 0 Å². The Bertz CT molecular complexity index is 288. The third kappa shape index (κ3) is 1.84. The summed E-state index contributed by atoms with van der Waals surface area (Å²) in [6, 6.07) is 3.61. The lowest BCUT2D eigenvalue weighted by molar-refractivity contribution is 0.550. The van der Waals surface area contributed by atoms with Gasteiger partial charge < -0.3 is 0 Å². The van der Waals surface area contributed by atoms with Crippen LogP contribution in [0, 0.1) is 11.6 Å². The first-order chi connectivity index (χ1) is 6.25. The van der Waals surface area contributed by atoms with Crippen LogP contribution in [0.3, 0.4) is 0 Å². The summed E-state index contributed by atoms with van der Waals surface area (Å²) in [6.45, 7) is 0.822. The van der Waals surface area contributed by atoms with Crippen molar-refractivity contribution < 1.29 is 8.78 Å². The van der Waals surface area contributed by atoms with E-state index in [2.05, 4.69) is 10.9 Å². The molecule has 13 heavy (non-hydrogen) atoms. The smallest absolute Gasteiger partial charge is 0.126 e. The summed E-state index contributed by atoms with van der Waals surface area (Å²) in [5.41, 5.74) is 6.51. The lowest BCUT2D eigenvalue weighted by Gasteiger charge is -2.09. The summed E-state index contributed by atoms with van der Waals surface area (Å²) in [6.07, 6.45) is 0.850. The minimum atomic E-state index is -0.524. The number of hydrogen-bond acceptors (Lipinski definition) is 2. The molecule has 1 aliphatic heterocycles. The first kappa shape index (κ1) is 8.59. The quantitative estimate of drug-likeness (QED) is 0.691. The number of halogens is 2. The number of benzene rings is 1. The van der Waals surface area contributed by atoms with E-state index in [1.165, 1.54) is 12.1 Å². The highest BCUT2D eigenvalue weighted by molar-refractivity contribution is 5.21. The molecule has 4 heteroatoms. The summed E-state index contributed by atoms with van der Waals surface area (Å²) in [4.78, 5) is 0. The van der Waals surface area contributed by atoms with Crippen LogP contribution < -0.4 is 10.9 Å². The Morgan fingerprint density at radius 1 is 1.15 bits per heavy atom. The molecule has 0 spiro atoms. The standard InChI is InChI=1S/C9H10F2N2/c10-7-3-6(4-8(11)5-7)9-1-2-12-13-9/h3-5,9,12-13H,1-2H2. The zero-order valence-corrected chi connectivity index (χ0v) is 6.98. The van der Waals surface area contributed by atoms with Crippen molar-refractivity contribution in [2.45, 2.75) is 12.5 Å². The van der Waals surface area contributed by atoms with E-state index in [1.54, 1.807) is 0 Å². The summed E-state index contributed by atoms with van der Waals surface area (Å²) >= 11 is 0. The molecule has 0 aliphatic carbocycles. The fraction of sp³-hybridized carbons (Fsp3) is 0.333. The van der Waals surface area contributed by atoms with Crippen LogP contribution >= 0.6 is 0 Å². The maximum atomic E-state index is 12.8. The Morgan fingerprint density at radius 2 is 1.85 bits per heavy atom. The maximum Gasteiger partial charge on any atom is 0.126 e. The predicted molar refractivity (Wildman–Crippen MR) is 44.9 cm³/mol. The van der Waals surface area contributed by atoms with Gasteiger partial charge in [-0.2, -0.15) is 0 Å². The molecule has 0 bridgehead atoms. The van der Waals surface area contributed by atoms with Crippen LogP contribution in [0.5, 0.6) is 0 Å². The van der Waals surface area contributed by atoms with Gasteiger partial charge in [-0.3, -0.25) is 10.9 Å². The van der Waals surface area contributed by atoms with Crippen molar-refractivity contribution >= 4 is 0 Å². The molecule has 1 aromatic rings. The van der Waals surface area contributed by atoms with E-state index >= 15 is 0 Å². The highest BCUT2D eigenvalue weighted by Crippen LogP contribution is 2.20. The van der Waals surface area contributed by atoms with Gasteiger partial charge in [0.1, 0.15) is 11.6 Å². The fourth-order valence-electron chi connectivity index (χ4n) is 1.51. The molecule has 1 unspecified atom stereocenters. The molecule has 0 aromatic heterocycles. The van der Waals surface area contributed by atoms with Gasteiger partial charge in [-0.05, 0) is 24.1 Å². The van der Waals surface area contributed by atoms with Gasteiger partial charge in [0.25, 0.3) is 0 Å². The molecule has 1 heterocycles. The number of rotatable bonds is 1. The predicted octanol–water partition coefficient (Wildman–Crippen LogP) is 1.50. The van der Waals surface area contributed by atoms with Gasteiger partial charge >= 0.3 is 0 Å². The average Bonchev–Trinajstić information content (AvgIpc) is 2.53. The van der Waals surface area contributed by atoms with Gasteiger partial charge in [-0.1, -0.05) is 0 Å². The van der Waals surface area contributed by atoms with E-state index in [0.29, 0.717) is 5.56 Å². The van der Waals surface area contributed by atoms with Crippen molar-refractivity contribution in [3.05, 3.63) is 35.4 Å². The van der Waals surface area contributed by atoms with Crippen molar-refractivity contribution in [1.29, 1.82) is 0 Å². The summed E-state index contributed by atoms with van der Waals surface area (Å²) < 4.78 is 25.6. The molecular weight excluding hydrogens is 174 g/mol. The second kappa shape index (κ2) is 3.40. The van der Waals surface area contributed by atoms with Gasteiger partial charge in [0.05, 0.1) is 0 Å². The summed E-state index contributed by atoms with van der Waals surface area (Å²) in [5, 5.41) is 0. The molecule has 1 fully saturated rings. The second-order valence-electron chi connectivity index (χ2n) is 3.12. The maximum absolute atomic E-state index is 12.8. The van der Waals surface area contributed by atoms with Crippen LogP contribution in [0.15, 0.2) is 18.2 Å². The monoisotopic (exact) mass is 184 g/mol. The molecule has 2 nitrogen and oxygen atoms in total. The van der Waals surface area contributed by atoms with Gasteiger partial charge in [0.2, 0.25) is 0 Å². The topological polar surface area (TPSA) is 24.1 Å². The highest BCUT2D eigenvalue weighted by Gasteiger charge is 2.16. The molecule has 1 aliphatic rings. The lowest BCUT2D eigenvalue weighted by atomic mass is 10.1. The molecule has 1 aromatic carbocycles. The third-order valence-electron chi connectivity index (χ3n) is 2.12. The van der Waals surface area contributed by atoms with Crippen LogP contribution in [0.2, 0.25) is 0 Å². The molecule has 0 amide bonds. The van der Waals surface area contributed by atoms with Crippen molar-refractivity contribution in [2.75, 3.05) is 6.54 Å². The van der Waals surface area contributed by atoms with Crippen LogP contribution in [0.1, 0.15) is 18.0 Å². The molecular formula is C9H10F2N2. The Morgan fingerprint density at radius 3 is 2.38 bits per heavy atom. The average molecular weight is 184 g/mol. The van der Waals surface area contributed by atoms with Crippen molar-refractivity contribution in [2.24, 2.45) is 0 Å². The molecule has 70 valence electrons. The number of hydrogen-bond donors (Lipinski definition) is 2. The van der Waals surface area contributed by atoms with Crippen molar-refractivity contribution in [3.8, 4) is 0 Å². The normalized spacial score (nSPS) is 22.2. The van der Waals surface area contributed by atoms with E-state index in [4.69, 9.17) is 0 Å². The Balaban J connectivity index is 2.28. The van der Waals surface area contributed by atoms with Crippen LogP contribution in [0.25, 0.3) is 0 Å². The van der Waals surface area contributed by atoms with E-state index in [-0.39, 0.29) is 6.04 Å². The number of hydrazine groups is 1. The molecule has 2 rings (SSSR count). The van der Waals surface area contributed by atoms with Crippen LogP contribution in [-0.4, -0.2) is 6.54 Å².